The second-order valence-corrected chi connectivity index (χ2v) is 9.89. The summed E-state index contributed by atoms with van der Waals surface area (Å²) in [7, 11) is -0.784. The number of nitrogens with zero attached hydrogens (tertiary/aromatic N) is 2. The molecule has 1 heterocycles. The van der Waals surface area contributed by atoms with Crippen molar-refractivity contribution in [2.45, 2.75) is 11.3 Å². The highest BCUT2D eigenvalue weighted by Crippen LogP contribution is 2.22. The molecule has 31 heavy (non-hydrogen) atoms. The fourth-order valence-electron chi connectivity index (χ4n) is 3.46. The normalized spacial score (nSPS) is 16.4. The summed E-state index contributed by atoms with van der Waals surface area (Å²) in [6.07, 6.45) is 0.995. The maximum absolute atomic E-state index is 12.4. The van der Waals surface area contributed by atoms with Crippen LogP contribution in [0.3, 0.4) is 0 Å². The lowest BCUT2D eigenvalue weighted by atomic mass is 10.1. The highest BCUT2D eigenvalue weighted by molar-refractivity contribution is 7.89. The molecule has 2 aromatic carbocycles. The van der Waals surface area contributed by atoms with Gasteiger partial charge in [-0.3, -0.25) is 9.59 Å². The number of para-hydroxylation sites is 1. The molecule has 1 fully saturated rings. The van der Waals surface area contributed by atoms with Crippen LogP contribution in [0.15, 0.2) is 59.5 Å². The molecule has 2 aromatic rings. The van der Waals surface area contributed by atoms with Gasteiger partial charge < -0.3 is 15.5 Å². The molecule has 0 aliphatic carbocycles. The molecule has 8 nitrogen and oxygen atoms in total. The monoisotopic (exact) mass is 444 g/mol. The molecule has 0 saturated carbocycles. The molecule has 1 unspecified atom stereocenters. The van der Waals surface area contributed by atoms with Crippen LogP contribution < -0.4 is 15.5 Å². The first-order valence-corrected chi connectivity index (χ1v) is 11.6. The number of hydrogen-bond donors (Lipinski definition) is 2. The molecule has 166 valence electrons. The van der Waals surface area contributed by atoms with E-state index in [0.717, 1.165) is 23.8 Å². The number of sulfonamides is 1. The van der Waals surface area contributed by atoms with Gasteiger partial charge in [0.05, 0.1) is 11.4 Å². The van der Waals surface area contributed by atoms with Crippen LogP contribution in [-0.4, -0.2) is 64.8 Å². The van der Waals surface area contributed by atoms with E-state index in [2.05, 4.69) is 27.7 Å². The number of benzene rings is 2. The quantitative estimate of drug-likeness (QED) is 0.640. The largest absolute Gasteiger partial charge is 0.371 e. The van der Waals surface area contributed by atoms with Crippen molar-refractivity contribution >= 4 is 27.5 Å². The van der Waals surface area contributed by atoms with E-state index < -0.39 is 15.9 Å². The van der Waals surface area contributed by atoms with Gasteiger partial charge in [0.25, 0.3) is 5.91 Å². The van der Waals surface area contributed by atoms with Crippen molar-refractivity contribution in [3.8, 4) is 0 Å². The molecular weight excluding hydrogens is 416 g/mol. The standard InChI is InChI=1S/C22H28N4O4S/c1-25(2)31(29,30)20-10-6-7-18(13-20)22(28)24-15-21(27)23-14-17-11-12-26(16-17)19-8-4-3-5-9-19/h3-10,13,17H,11-12,14-16H2,1-2H3,(H,23,27)(H,24,28). The molecule has 1 atom stereocenters. The van der Waals surface area contributed by atoms with E-state index in [4.69, 9.17) is 0 Å². The van der Waals surface area contributed by atoms with Crippen molar-refractivity contribution in [3.63, 3.8) is 0 Å². The van der Waals surface area contributed by atoms with Gasteiger partial charge in [0.1, 0.15) is 0 Å². The molecule has 1 aliphatic rings. The van der Waals surface area contributed by atoms with Crippen molar-refractivity contribution in [1.29, 1.82) is 0 Å². The Morgan fingerprint density at radius 3 is 2.52 bits per heavy atom. The Morgan fingerprint density at radius 2 is 1.81 bits per heavy atom. The lowest BCUT2D eigenvalue weighted by Gasteiger charge is -2.18. The first kappa shape index (κ1) is 22.8. The molecule has 0 radical (unpaired) electrons. The van der Waals surface area contributed by atoms with Gasteiger partial charge in [-0.1, -0.05) is 24.3 Å². The third-order valence-corrected chi connectivity index (χ3v) is 7.09. The smallest absolute Gasteiger partial charge is 0.251 e. The highest BCUT2D eigenvalue weighted by Gasteiger charge is 2.23. The van der Waals surface area contributed by atoms with Gasteiger partial charge in [-0.05, 0) is 42.7 Å². The maximum atomic E-state index is 12.4. The third kappa shape index (κ3) is 5.83. The van der Waals surface area contributed by atoms with Crippen molar-refractivity contribution in [2.75, 3.05) is 45.2 Å². The first-order chi connectivity index (χ1) is 14.8. The molecule has 2 amide bonds. The first-order valence-electron chi connectivity index (χ1n) is 10.1. The second kappa shape index (κ2) is 9.93. The molecule has 0 bridgehead atoms. The molecule has 9 heteroatoms. The average molecular weight is 445 g/mol. The van der Waals surface area contributed by atoms with Crippen LogP contribution in [0.25, 0.3) is 0 Å². The van der Waals surface area contributed by atoms with Gasteiger partial charge in [-0.15, -0.1) is 0 Å². The lowest BCUT2D eigenvalue weighted by Crippen LogP contribution is -2.39. The fraction of sp³-hybridized carbons (Fsp3) is 0.364. The van der Waals surface area contributed by atoms with Gasteiger partial charge in [0, 0.05) is 45.0 Å². The van der Waals surface area contributed by atoms with Crippen molar-refractivity contribution in [3.05, 3.63) is 60.2 Å². The summed E-state index contributed by atoms with van der Waals surface area (Å²) in [6, 6.07) is 15.9. The Balaban J connectivity index is 1.45. The van der Waals surface area contributed by atoms with Crippen LogP contribution in [0.2, 0.25) is 0 Å². The van der Waals surface area contributed by atoms with Gasteiger partial charge in [-0.2, -0.15) is 0 Å². The highest BCUT2D eigenvalue weighted by atomic mass is 32.2. The molecular formula is C22H28N4O4S. The van der Waals surface area contributed by atoms with Crippen LogP contribution in [0.4, 0.5) is 5.69 Å². The Bertz CT molecular complexity index is 1020. The zero-order valence-corrected chi connectivity index (χ0v) is 18.6. The SMILES string of the molecule is CN(C)S(=O)(=O)c1cccc(C(=O)NCC(=O)NCC2CCN(c3ccccc3)C2)c1. The third-order valence-electron chi connectivity index (χ3n) is 5.28. The molecule has 2 N–H and O–H groups in total. The minimum Gasteiger partial charge on any atom is -0.371 e. The summed E-state index contributed by atoms with van der Waals surface area (Å²) in [5.74, 6) is -0.418. The predicted octanol–water partition coefficient (Wildman–Crippen LogP) is 1.31. The van der Waals surface area contributed by atoms with E-state index in [0.29, 0.717) is 12.5 Å². The van der Waals surface area contributed by atoms with Crippen LogP contribution in [-0.2, 0) is 14.8 Å². The second-order valence-electron chi connectivity index (χ2n) is 7.74. The zero-order valence-electron chi connectivity index (χ0n) is 17.7. The number of amides is 2. The maximum Gasteiger partial charge on any atom is 0.251 e. The van der Waals surface area contributed by atoms with Crippen molar-refractivity contribution in [2.24, 2.45) is 5.92 Å². The van der Waals surface area contributed by atoms with Gasteiger partial charge in [0.2, 0.25) is 15.9 Å². The van der Waals surface area contributed by atoms with Crippen LogP contribution in [0.5, 0.6) is 0 Å². The summed E-state index contributed by atoms with van der Waals surface area (Å²) in [5.41, 5.74) is 1.37. The predicted molar refractivity (Wildman–Crippen MR) is 119 cm³/mol. The zero-order chi connectivity index (χ0) is 22.4. The van der Waals surface area contributed by atoms with Gasteiger partial charge >= 0.3 is 0 Å². The Kier molecular flexibility index (Phi) is 7.29. The number of carbonyl (C=O) groups is 2. The molecule has 0 spiro atoms. The molecule has 0 aromatic heterocycles. The summed E-state index contributed by atoms with van der Waals surface area (Å²) >= 11 is 0. The summed E-state index contributed by atoms with van der Waals surface area (Å²) < 4.78 is 25.5. The molecule has 1 aliphatic heterocycles. The van der Waals surface area contributed by atoms with E-state index in [9.17, 15) is 18.0 Å². The Morgan fingerprint density at radius 1 is 1.06 bits per heavy atom. The van der Waals surface area contributed by atoms with Gasteiger partial charge in [0.15, 0.2) is 0 Å². The lowest BCUT2D eigenvalue weighted by molar-refractivity contribution is -0.120. The number of rotatable bonds is 8. The number of anilines is 1. The summed E-state index contributed by atoms with van der Waals surface area (Å²) in [6.45, 7) is 2.21. The minimum atomic E-state index is -3.64. The van der Waals surface area contributed by atoms with Crippen molar-refractivity contribution in [1.82, 2.24) is 14.9 Å². The Hall–Kier alpha value is -2.91. The summed E-state index contributed by atoms with van der Waals surface area (Å²) in [4.78, 5) is 26.8. The van der Waals surface area contributed by atoms with E-state index in [-0.39, 0.29) is 22.9 Å². The van der Waals surface area contributed by atoms with Crippen molar-refractivity contribution < 1.29 is 18.0 Å². The van der Waals surface area contributed by atoms with E-state index in [1.165, 1.54) is 44.0 Å². The molecule has 3 rings (SSSR count). The van der Waals surface area contributed by atoms with Crippen LogP contribution >= 0.6 is 0 Å². The number of nitrogens with one attached hydrogen (secondary N) is 2. The Labute approximate surface area is 183 Å². The van der Waals surface area contributed by atoms with Crippen LogP contribution in [0.1, 0.15) is 16.8 Å². The van der Waals surface area contributed by atoms with Gasteiger partial charge in [-0.25, -0.2) is 12.7 Å². The number of hydrogen-bond acceptors (Lipinski definition) is 5. The van der Waals surface area contributed by atoms with Crippen LogP contribution in [0, 0.1) is 5.92 Å². The topological polar surface area (TPSA) is 98.8 Å². The minimum absolute atomic E-state index is 0.0267. The van der Waals surface area contributed by atoms with E-state index >= 15 is 0 Å². The number of carbonyl (C=O) groups excluding carboxylic acids is 2. The average Bonchev–Trinajstić information content (AvgIpc) is 3.25. The molecule has 1 saturated heterocycles. The van der Waals surface area contributed by atoms with E-state index in [1.54, 1.807) is 0 Å². The van der Waals surface area contributed by atoms with E-state index in [1.807, 2.05) is 18.2 Å². The summed E-state index contributed by atoms with van der Waals surface area (Å²) in [5, 5.41) is 5.42. The fourth-order valence-corrected chi connectivity index (χ4v) is 4.41.